The maximum atomic E-state index is 12.3. The summed E-state index contributed by atoms with van der Waals surface area (Å²) in [5.74, 6) is 0.261. The lowest BCUT2D eigenvalue weighted by Gasteiger charge is -2.34. The van der Waals surface area contributed by atoms with Crippen LogP contribution in [-0.4, -0.2) is 42.0 Å². The van der Waals surface area contributed by atoms with Crippen molar-refractivity contribution < 1.29 is 9.21 Å². The standard InChI is InChI=1S/C18H25N3O2/c1-18(2,3)9-8-16(22)20-10-12-21(13-11-20)17-19-14-6-4-5-7-15(14)23-17/h4-7H,8-13H2,1-3H3. The van der Waals surface area contributed by atoms with Gasteiger partial charge in [-0.2, -0.15) is 4.98 Å². The van der Waals surface area contributed by atoms with Crippen molar-refractivity contribution in [3.05, 3.63) is 24.3 Å². The number of para-hydroxylation sites is 2. The van der Waals surface area contributed by atoms with E-state index < -0.39 is 0 Å². The van der Waals surface area contributed by atoms with Crippen molar-refractivity contribution in [3.8, 4) is 0 Å². The fourth-order valence-electron chi connectivity index (χ4n) is 2.78. The summed E-state index contributed by atoms with van der Waals surface area (Å²) in [6.07, 6.45) is 1.56. The van der Waals surface area contributed by atoms with Gasteiger partial charge in [-0.25, -0.2) is 0 Å². The number of aromatic nitrogens is 1. The Morgan fingerprint density at radius 2 is 1.87 bits per heavy atom. The molecule has 0 radical (unpaired) electrons. The SMILES string of the molecule is CC(C)(C)CCC(=O)N1CCN(c2nc3ccccc3o2)CC1. The third kappa shape index (κ3) is 3.84. The van der Waals surface area contributed by atoms with E-state index in [0.29, 0.717) is 12.4 Å². The normalized spacial score (nSPS) is 16.1. The second-order valence-corrected chi connectivity index (χ2v) is 7.39. The van der Waals surface area contributed by atoms with Crippen LogP contribution in [0.4, 0.5) is 6.01 Å². The molecular formula is C18H25N3O2. The predicted molar refractivity (Wildman–Crippen MR) is 91.5 cm³/mol. The molecule has 1 fully saturated rings. The number of rotatable bonds is 3. The van der Waals surface area contributed by atoms with Crippen molar-refractivity contribution in [3.63, 3.8) is 0 Å². The molecule has 3 rings (SSSR count). The Hall–Kier alpha value is -2.04. The molecule has 0 N–H and O–H groups in total. The maximum absolute atomic E-state index is 12.3. The lowest BCUT2D eigenvalue weighted by molar-refractivity contribution is -0.132. The average molecular weight is 315 g/mol. The van der Waals surface area contributed by atoms with Gasteiger partial charge in [-0.15, -0.1) is 0 Å². The molecule has 5 heteroatoms. The van der Waals surface area contributed by atoms with Crippen molar-refractivity contribution in [2.24, 2.45) is 5.41 Å². The fourth-order valence-corrected chi connectivity index (χ4v) is 2.78. The summed E-state index contributed by atoms with van der Waals surface area (Å²) in [6.45, 7) is 9.54. The van der Waals surface area contributed by atoms with Crippen molar-refractivity contribution in [2.75, 3.05) is 31.1 Å². The monoisotopic (exact) mass is 315 g/mol. The van der Waals surface area contributed by atoms with Gasteiger partial charge in [0.05, 0.1) is 0 Å². The molecule has 2 aromatic rings. The Morgan fingerprint density at radius 3 is 2.52 bits per heavy atom. The van der Waals surface area contributed by atoms with Crippen LogP contribution < -0.4 is 4.90 Å². The third-order valence-electron chi connectivity index (χ3n) is 4.27. The highest BCUT2D eigenvalue weighted by molar-refractivity contribution is 5.77. The number of amides is 1. The highest BCUT2D eigenvalue weighted by atomic mass is 16.4. The van der Waals surface area contributed by atoms with E-state index in [9.17, 15) is 4.79 Å². The van der Waals surface area contributed by atoms with Crippen LogP contribution >= 0.6 is 0 Å². The Labute approximate surface area is 137 Å². The number of fused-ring (bicyclic) bond motifs is 1. The first kappa shape index (κ1) is 15.8. The van der Waals surface area contributed by atoms with Crippen molar-refractivity contribution in [1.29, 1.82) is 0 Å². The largest absolute Gasteiger partial charge is 0.423 e. The van der Waals surface area contributed by atoms with E-state index in [1.807, 2.05) is 29.2 Å². The summed E-state index contributed by atoms with van der Waals surface area (Å²) < 4.78 is 5.81. The first-order chi connectivity index (χ1) is 10.9. The Morgan fingerprint density at radius 1 is 1.17 bits per heavy atom. The molecule has 1 aliphatic rings. The van der Waals surface area contributed by atoms with Gasteiger partial charge in [0.1, 0.15) is 5.52 Å². The highest BCUT2D eigenvalue weighted by Gasteiger charge is 2.24. The van der Waals surface area contributed by atoms with E-state index in [2.05, 4.69) is 30.7 Å². The Balaban J connectivity index is 1.56. The van der Waals surface area contributed by atoms with Crippen LogP contribution in [0.2, 0.25) is 0 Å². The van der Waals surface area contributed by atoms with Crippen LogP contribution in [0.5, 0.6) is 0 Å². The van der Waals surface area contributed by atoms with Crippen LogP contribution in [0.1, 0.15) is 33.6 Å². The molecule has 5 nitrogen and oxygen atoms in total. The Bertz CT molecular complexity index is 646. The summed E-state index contributed by atoms with van der Waals surface area (Å²) >= 11 is 0. The van der Waals surface area contributed by atoms with Crippen molar-refractivity contribution in [2.45, 2.75) is 33.6 Å². The number of hydrogen-bond acceptors (Lipinski definition) is 4. The lowest BCUT2D eigenvalue weighted by Crippen LogP contribution is -2.49. The van der Waals surface area contributed by atoms with E-state index in [-0.39, 0.29) is 11.3 Å². The maximum Gasteiger partial charge on any atom is 0.298 e. The number of hydrogen-bond donors (Lipinski definition) is 0. The van der Waals surface area contributed by atoms with Gasteiger partial charge in [0.15, 0.2) is 5.58 Å². The Kier molecular flexibility index (Phi) is 4.28. The molecule has 1 amide bonds. The minimum Gasteiger partial charge on any atom is -0.423 e. The predicted octanol–water partition coefficient (Wildman–Crippen LogP) is 3.30. The number of carbonyl (C=O) groups excluding carboxylic acids is 1. The molecule has 0 atom stereocenters. The highest BCUT2D eigenvalue weighted by Crippen LogP contribution is 2.24. The van der Waals surface area contributed by atoms with Gasteiger partial charge in [0, 0.05) is 32.6 Å². The smallest absolute Gasteiger partial charge is 0.298 e. The van der Waals surface area contributed by atoms with Gasteiger partial charge < -0.3 is 14.2 Å². The number of nitrogens with zero attached hydrogens (tertiary/aromatic N) is 3. The van der Waals surface area contributed by atoms with Crippen LogP contribution in [-0.2, 0) is 4.79 Å². The fraction of sp³-hybridized carbons (Fsp3) is 0.556. The number of anilines is 1. The van der Waals surface area contributed by atoms with Gasteiger partial charge in [0.2, 0.25) is 5.91 Å². The van der Waals surface area contributed by atoms with Crippen LogP contribution in [0.25, 0.3) is 11.1 Å². The molecule has 0 saturated carbocycles. The van der Waals surface area contributed by atoms with E-state index in [1.165, 1.54) is 0 Å². The quantitative estimate of drug-likeness (QED) is 0.872. The van der Waals surface area contributed by atoms with Gasteiger partial charge >= 0.3 is 0 Å². The first-order valence-corrected chi connectivity index (χ1v) is 8.31. The van der Waals surface area contributed by atoms with E-state index in [0.717, 1.165) is 43.7 Å². The summed E-state index contributed by atoms with van der Waals surface area (Å²) in [5.41, 5.74) is 1.90. The summed E-state index contributed by atoms with van der Waals surface area (Å²) in [4.78, 5) is 20.9. The summed E-state index contributed by atoms with van der Waals surface area (Å²) in [5, 5.41) is 0. The minimum absolute atomic E-state index is 0.204. The van der Waals surface area contributed by atoms with Crippen LogP contribution in [0.3, 0.4) is 0 Å². The third-order valence-corrected chi connectivity index (χ3v) is 4.27. The molecule has 0 bridgehead atoms. The van der Waals surface area contributed by atoms with Gasteiger partial charge in [-0.1, -0.05) is 32.9 Å². The summed E-state index contributed by atoms with van der Waals surface area (Å²) in [6, 6.07) is 8.45. The van der Waals surface area contributed by atoms with Crippen LogP contribution in [0.15, 0.2) is 28.7 Å². The molecule has 0 spiro atoms. The molecule has 1 aliphatic heterocycles. The van der Waals surface area contributed by atoms with Gasteiger partial charge in [-0.05, 0) is 24.0 Å². The van der Waals surface area contributed by atoms with Crippen molar-refractivity contribution >= 4 is 23.0 Å². The zero-order valence-corrected chi connectivity index (χ0v) is 14.2. The number of piperazine rings is 1. The zero-order valence-electron chi connectivity index (χ0n) is 14.2. The number of carbonyl (C=O) groups is 1. The number of benzene rings is 1. The van der Waals surface area contributed by atoms with Crippen LogP contribution in [0, 0.1) is 5.41 Å². The zero-order chi connectivity index (χ0) is 16.4. The number of oxazole rings is 1. The van der Waals surface area contributed by atoms with E-state index in [1.54, 1.807) is 0 Å². The molecule has 1 aromatic heterocycles. The lowest BCUT2D eigenvalue weighted by atomic mass is 9.90. The summed E-state index contributed by atoms with van der Waals surface area (Å²) in [7, 11) is 0. The second-order valence-electron chi connectivity index (χ2n) is 7.39. The topological polar surface area (TPSA) is 49.6 Å². The molecule has 1 aromatic carbocycles. The van der Waals surface area contributed by atoms with E-state index in [4.69, 9.17) is 4.42 Å². The van der Waals surface area contributed by atoms with Gasteiger partial charge in [-0.3, -0.25) is 4.79 Å². The molecule has 0 aliphatic carbocycles. The molecular weight excluding hydrogens is 290 g/mol. The van der Waals surface area contributed by atoms with Crippen molar-refractivity contribution in [1.82, 2.24) is 9.88 Å². The molecule has 0 unspecified atom stereocenters. The molecule has 124 valence electrons. The van der Waals surface area contributed by atoms with Gasteiger partial charge in [0.25, 0.3) is 6.01 Å². The average Bonchev–Trinajstić information content (AvgIpc) is 2.96. The minimum atomic E-state index is 0.204. The molecule has 2 heterocycles. The molecule has 23 heavy (non-hydrogen) atoms. The molecule has 1 saturated heterocycles. The second kappa shape index (κ2) is 6.22. The van der Waals surface area contributed by atoms with E-state index >= 15 is 0 Å². The first-order valence-electron chi connectivity index (χ1n) is 8.31.